The number of benzene rings is 2. The molecule has 2 aromatic carbocycles. The number of ether oxygens (including phenoxy) is 2. The molecule has 0 fully saturated rings. The highest BCUT2D eigenvalue weighted by atomic mass is 32.2. The van der Waals surface area contributed by atoms with Crippen LogP contribution in [-0.2, 0) is 35.7 Å². The van der Waals surface area contributed by atoms with E-state index < -0.39 is 55.2 Å². The molecule has 0 spiro atoms. The van der Waals surface area contributed by atoms with E-state index in [1.54, 1.807) is 34.6 Å². The molecule has 12 nitrogen and oxygen atoms in total. The molecule has 0 aliphatic heterocycles. The summed E-state index contributed by atoms with van der Waals surface area (Å²) in [6, 6.07) is 12.9. The number of rotatable bonds is 17. The number of hydrogen-bond acceptors (Lipinski definition) is 9. The van der Waals surface area contributed by atoms with E-state index >= 15 is 0 Å². The van der Waals surface area contributed by atoms with Crippen LogP contribution in [0.5, 0.6) is 0 Å². The molecule has 0 saturated carbocycles. The number of nitrogens with one attached hydrogen (secondary N) is 1. The molecule has 44 heavy (non-hydrogen) atoms. The predicted octanol–water partition coefficient (Wildman–Crippen LogP) is 5.40. The van der Waals surface area contributed by atoms with E-state index in [9.17, 15) is 32.9 Å². The van der Waals surface area contributed by atoms with Gasteiger partial charge >= 0.3 is 12.1 Å². The van der Waals surface area contributed by atoms with Gasteiger partial charge in [0.15, 0.2) is 10.7 Å². The maximum atomic E-state index is 14.0. The van der Waals surface area contributed by atoms with Gasteiger partial charge in [0.1, 0.15) is 12.2 Å². The third kappa shape index (κ3) is 11.3. The number of carbonyl (C=O) groups excluding carboxylic acids is 3. The van der Waals surface area contributed by atoms with Gasteiger partial charge in [0, 0.05) is 25.6 Å². The quantitative estimate of drug-likeness (QED) is 0.104. The summed E-state index contributed by atoms with van der Waals surface area (Å²) in [6.45, 7) is 8.47. The van der Waals surface area contributed by atoms with Crippen molar-refractivity contribution in [2.24, 2.45) is 5.92 Å². The maximum Gasteiger partial charge on any atom is 0.407 e. The third-order valence-corrected chi connectivity index (χ3v) is 8.65. The van der Waals surface area contributed by atoms with Crippen molar-refractivity contribution >= 4 is 33.6 Å². The third-order valence-electron chi connectivity index (χ3n) is 6.70. The van der Waals surface area contributed by atoms with Gasteiger partial charge in [-0.05, 0) is 58.1 Å². The van der Waals surface area contributed by atoms with Gasteiger partial charge in [0.05, 0.1) is 16.9 Å². The van der Waals surface area contributed by atoms with Crippen LogP contribution in [0.3, 0.4) is 0 Å². The van der Waals surface area contributed by atoms with Crippen molar-refractivity contribution in [2.75, 3.05) is 13.1 Å². The van der Waals surface area contributed by atoms with Crippen LogP contribution in [0.4, 0.5) is 10.5 Å². The second-order valence-corrected chi connectivity index (χ2v) is 13.2. The molecular formula is C31H43N3O9S. The van der Waals surface area contributed by atoms with Crippen molar-refractivity contribution in [2.45, 2.75) is 89.9 Å². The zero-order chi connectivity index (χ0) is 32.9. The number of para-hydroxylation sites is 1. The fraction of sp³-hybridized carbons (Fsp3) is 0.516. The van der Waals surface area contributed by atoms with Gasteiger partial charge in [-0.15, -0.1) is 0 Å². The lowest BCUT2D eigenvalue weighted by atomic mass is 10.0. The monoisotopic (exact) mass is 633 g/mol. The average Bonchev–Trinajstić information content (AvgIpc) is 2.97. The normalized spacial score (nSPS) is 13.1. The molecule has 1 amide bonds. The van der Waals surface area contributed by atoms with Gasteiger partial charge < -0.3 is 14.8 Å². The summed E-state index contributed by atoms with van der Waals surface area (Å²) in [5.74, 6) is -1.63. The molecule has 0 aromatic heterocycles. The molecule has 242 valence electrons. The lowest BCUT2D eigenvalue weighted by Gasteiger charge is -2.30. The Morgan fingerprint density at radius 3 is 2.25 bits per heavy atom. The van der Waals surface area contributed by atoms with Crippen molar-refractivity contribution in [1.29, 1.82) is 0 Å². The van der Waals surface area contributed by atoms with Crippen LogP contribution in [0.1, 0.15) is 72.3 Å². The molecule has 2 aromatic rings. The van der Waals surface area contributed by atoms with Gasteiger partial charge in [-0.3, -0.25) is 19.7 Å². The molecular weight excluding hydrogens is 590 g/mol. The fourth-order valence-corrected chi connectivity index (χ4v) is 6.19. The lowest BCUT2D eigenvalue weighted by molar-refractivity contribution is -0.387. The van der Waals surface area contributed by atoms with Crippen molar-refractivity contribution < 1.29 is 37.2 Å². The second-order valence-electron chi connectivity index (χ2n) is 11.4. The molecule has 2 atom stereocenters. The lowest BCUT2D eigenvalue weighted by Crippen LogP contribution is -2.46. The number of sulfonamides is 1. The van der Waals surface area contributed by atoms with Crippen LogP contribution in [0.15, 0.2) is 59.5 Å². The molecule has 2 rings (SSSR count). The number of amides is 1. The van der Waals surface area contributed by atoms with Crippen LogP contribution in [0.2, 0.25) is 0 Å². The Bertz CT molecular complexity index is 1380. The Balaban J connectivity index is 2.26. The molecule has 0 unspecified atom stereocenters. The van der Waals surface area contributed by atoms with E-state index in [0.717, 1.165) is 22.0 Å². The van der Waals surface area contributed by atoms with E-state index in [1.807, 2.05) is 30.3 Å². The van der Waals surface area contributed by atoms with Crippen LogP contribution in [0.25, 0.3) is 0 Å². The summed E-state index contributed by atoms with van der Waals surface area (Å²) in [5.41, 5.74) is -0.483. The largest absolute Gasteiger partial charge is 0.461 e. The minimum absolute atomic E-state index is 0.0151. The zero-order valence-corrected chi connectivity index (χ0v) is 26.8. The predicted molar refractivity (Wildman–Crippen MR) is 164 cm³/mol. The van der Waals surface area contributed by atoms with Crippen molar-refractivity contribution in [3.05, 3.63) is 70.3 Å². The van der Waals surface area contributed by atoms with Crippen LogP contribution in [-0.4, -0.2) is 60.2 Å². The van der Waals surface area contributed by atoms with Crippen LogP contribution < -0.4 is 5.32 Å². The van der Waals surface area contributed by atoms with E-state index in [2.05, 4.69) is 5.32 Å². The average molecular weight is 634 g/mol. The summed E-state index contributed by atoms with van der Waals surface area (Å²) in [5, 5.41) is 14.4. The molecule has 13 heteroatoms. The molecule has 0 aliphatic carbocycles. The molecule has 0 radical (unpaired) electrons. The highest BCUT2D eigenvalue weighted by molar-refractivity contribution is 7.89. The summed E-state index contributed by atoms with van der Waals surface area (Å²) < 4.78 is 39.6. The fourth-order valence-electron chi connectivity index (χ4n) is 4.37. The Kier molecular flexibility index (Phi) is 13.9. The first kappa shape index (κ1) is 36.4. The van der Waals surface area contributed by atoms with Crippen molar-refractivity contribution in [3.63, 3.8) is 0 Å². The molecule has 0 aliphatic rings. The molecule has 0 saturated heterocycles. The van der Waals surface area contributed by atoms with Gasteiger partial charge in [0.2, 0.25) is 0 Å². The van der Waals surface area contributed by atoms with Crippen molar-refractivity contribution in [1.82, 2.24) is 9.62 Å². The van der Waals surface area contributed by atoms with E-state index in [0.29, 0.717) is 12.8 Å². The first-order valence-electron chi connectivity index (χ1n) is 14.6. The Morgan fingerprint density at radius 1 is 1.00 bits per heavy atom. The summed E-state index contributed by atoms with van der Waals surface area (Å²) in [6.07, 6.45) is 0.347. The Labute approximate surface area is 259 Å². The maximum absolute atomic E-state index is 14.0. The highest BCUT2D eigenvalue weighted by Gasteiger charge is 2.38. The van der Waals surface area contributed by atoms with Gasteiger partial charge in [-0.25, -0.2) is 13.2 Å². The van der Waals surface area contributed by atoms with Gasteiger partial charge in [-0.2, -0.15) is 4.31 Å². The number of Topliss-reactive ketones (excluding diaryl/α,β-unsaturated/α-hetero) is 1. The Morgan fingerprint density at radius 2 is 1.64 bits per heavy atom. The van der Waals surface area contributed by atoms with Gasteiger partial charge in [-0.1, -0.05) is 56.3 Å². The number of unbranched alkanes of at least 4 members (excludes halogenated alkanes) is 1. The van der Waals surface area contributed by atoms with Crippen LogP contribution in [0, 0.1) is 16.0 Å². The van der Waals surface area contributed by atoms with E-state index in [-0.39, 0.29) is 44.7 Å². The van der Waals surface area contributed by atoms with Gasteiger partial charge in [0.25, 0.3) is 15.7 Å². The summed E-state index contributed by atoms with van der Waals surface area (Å²) in [7, 11) is -4.56. The van der Waals surface area contributed by atoms with Crippen LogP contribution >= 0.6 is 0 Å². The molecule has 0 heterocycles. The Hall–Kier alpha value is -3.84. The smallest absolute Gasteiger partial charge is 0.407 e. The van der Waals surface area contributed by atoms with Crippen molar-refractivity contribution in [3.8, 4) is 0 Å². The number of ketones is 1. The first-order valence-corrected chi connectivity index (χ1v) is 16.1. The number of alkyl carbamates (subject to hydrolysis) is 1. The highest BCUT2D eigenvalue weighted by Crippen LogP contribution is 2.30. The standard InChI is InChI=1S/C31H43N3O9S/c1-6-27(35)25(16-12-13-20-32-30(37)43-31(3,4)5)33(44(40,41)28-18-11-10-17-26(28)34(38)39)21-19-23(2)29(36)42-22-24-14-8-7-9-15-24/h7-11,14-15,17-18,23,25H,6,12-13,16,19-22H2,1-5H3,(H,32,37)/t23-,25-/m0/s1. The zero-order valence-electron chi connectivity index (χ0n) is 26.0. The number of nitrogens with zero attached hydrogens (tertiary/aromatic N) is 2. The number of nitro benzene ring substituents is 1. The minimum Gasteiger partial charge on any atom is -0.461 e. The number of carbonyl (C=O) groups is 3. The van der Waals surface area contributed by atoms with E-state index in [1.165, 1.54) is 12.1 Å². The van der Waals surface area contributed by atoms with E-state index in [4.69, 9.17) is 9.47 Å². The molecule has 1 N–H and O–H groups in total. The first-order chi connectivity index (χ1) is 20.7. The summed E-state index contributed by atoms with van der Waals surface area (Å²) in [4.78, 5) is 48.3. The second kappa shape index (κ2) is 16.9. The topological polar surface area (TPSA) is 162 Å². The summed E-state index contributed by atoms with van der Waals surface area (Å²) >= 11 is 0. The SMILES string of the molecule is CCC(=O)[C@H](CCCCNC(=O)OC(C)(C)C)N(CC[C@H](C)C(=O)OCc1ccccc1)S(=O)(=O)c1ccccc1[N+](=O)[O-]. The number of esters is 1. The molecule has 0 bridgehead atoms. The minimum atomic E-state index is -4.56. The number of hydrogen-bond donors (Lipinski definition) is 1. The number of nitro groups is 1.